The summed E-state index contributed by atoms with van der Waals surface area (Å²) in [7, 11) is 0. The quantitative estimate of drug-likeness (QED) is 0.164. The number of unbranched alkanes of at least 4 members (excludes halogenated alkanes) is 6. The number of rotatable bonds is 12. The fourth-order valence-electron chi connectivity index (χ4n) is 4.89. The first-order valence-corrected chi connectivity index (χ1v) is 14.4. The average molecular weight is 552 g/mol. The third-order valence-corrected chi connectivity index (χ3v) is 7.77. The lowest BCUT2D eigenvalue weighted by atomic mass is 9.99. The summed E-state index contributed by atoms with van der Waals surface area (Å²) in [5.74, 6) is 0. The second-order valence-electron chi connectivity index (χ2n) is 9.98. The topological polar surface area (TPSA) is 47.6 Å². The predicted octanol–water partition coefficient (Wildman–Crippen LogP) is 10.6. The summed E-state index contributed by atoms with van der Waals surface area (Å²) in [6, 6.07) is 32.1. The van der Waals surface area contributed by atoms with E-state index in [0.29, 0.717) is 11.1 Å². The van der Waals surface area contributed by atoms with Crippen molar-refractivity contribution >= 4 is 23.2 Å². The van der Waals surface area contributed by atoms with E-state index < -0.39 is 0 Å². The fraction of sp³-hybridized carbons (Fsp3) is 0.257. The summed E-state index contributed by atoms with van der Waals surface area (Å²) in [4.78, 5) is 0. The zero-order valence-electron chi connectivity index (χ0n) is 22.1. The molecule has 196 valence electrons. The Labute approximate surface area is 242 Å². The standard InChI is InChI=1S/C35H32Cl2N2/c36-34-22-26(14-20-32(34)30-16-10-28(24-38)11-17-30)8-6-4-2-1-3-5-7-9-27-15-21-33(35(37)23-27)31-18-12-29(25-39)13-19-31/h10-23H,1-9H2. The lowest BCUT2D eigenvalue weighted by Gasteiger charge is -2.09. The Kier molecular flexibility index (Phi) is 10.6. The highest BCUT2D eigenvalue weighted by Crippen LogP contribution is 2.31. The molecule has 0 radical (unpaired) electrons. The summed E-state index contributed by atoms with van der Waals surface area (Å²) in [6.07, 6.45) is 10.7. The molecule has 0 N–H and O–H groups in total. The molecule has 0 atom stereocenters. The zero-order valence-corrected chi connectivity index (χ0v) is 23.6. The molecule has 39 heavy (non-hydrogen) atoms. The molecule has 4 heteroatoms. The number of nitriles is 2. The van der Waals surface area contributed by atoms with E-state index in [1.807, 2.05) is 48.5 Å². The maximum atomic E-state index is 8.98. The molecule has 0 aliphatic rings. The van der Waals surface area contributed by atoms with Gasteiger partial charge >= 0.3 is 0 Å². The van der Waals surface area contributed by atoms with E-state index in [4.69, 9.17) is 33.7 Å². The van der Waals surface area contributed by atoms with Gasteiger partial charge in [0.25, 0.3) is 0 Å². The molecule has 0 spiro atoms. The van der Waals surface area contributed by atoms with Crippen LogP contribution in [0.25, 0.3) is 22.3 Å². The van der Waals surface area contributed by atoms with Crippen LogP contribution in [-0.4, -0.2) is 0 Å². The Morgan fingerprint density at radius 2 is 0.821 bits per heavy atom. The number of nitrogens with zero attached hydrogens (tertiary/aromatic N) is 2. The summed E-state index contributed by atoms with van der Waals surface area (Å²) in [6.45, 7) is 0. The molecular weight excluding hydrogens is 519 g/mol. The van der Waals surface area contributed by atoms with Crippen LogP contribution in [0.4, 0.5) is 0 Å². The van der Waals surface area contributed by atoms with Gasteiger partial charge in [-0.25, -0.2) is 0 Å². The Morgan fingerprint density at radius 1 is 0.462 bits per heavy atom. The van der Waals surface area contributed by atoms with Crippen LogP contribution in [0, 0.1) is 22.7 Å². The highest BCUT2D eigenvalue weighted by molar-refractivity contribution is 6.33. The van der Waals surface area contributed by atoms with Crippen LogP contribution in [0.1, 0.15) is 67.2 Å². The monoisotopic (exact) mass is 550 g/mol. The molecule has 0 aromatic heterocycles. The van der Waals surface area contributed by atoms with Crippen molar-refractivity contribution < 1.29 is 0 Å². The molecule has 0 aliphatic carbocycles. The molecule has 4 aromatic rings. The first-order valence-electron chi connectivity index (χ1n) is 13.7. The Bertz CT molecular complexity index is 1350. The van der Waals surface area contributed by atoms with Gasteiger partial charge in [0.2, 0.25) is 0 Å². The number of aryl methyl sites for hydroxylation is 2. The minimum Gasteiger partial charge on any atom is -0.192 e. The van der Waals surface area contributed by atoms with E-state index in [1.54, 1.807) is 0 Å². The smallest absolute Gasteiger partial charge is 0.0991 e. The number of halogens is 2. The predicted molar refractivity (Wildman–Crippen MR) is 163 cm³/mol. The molecule has 4 rings (SSSR count). The van der Waals surface area contributed by atoms with Crippen LogP contribution in [0.5, 0.6) is 0 Å². The number of benzene rings is 4. The second kappa shape index (κ2) is 14.6. The summed E-state index contributed by atoms with van der Waals surface area (Å²) >= 11 is 13.1. The molecular formula is C35H32Cl2N2. The van der Waals surface area contributed by atoms with E-state index in [9.17, 15) is 0 Å². The molecule has 0 amide bonds. The van der Waals surface area contributed by atoms with Gasteiger partial charge in [0.05, 0.1) is 23.3 Å². The molecule has 2 nitrogen and oxygen atoms in total. The van der Waals surface area contributed by atoms with Gasteiger partial charge in [-0.1, -0.05) is 104 Å². The van der Waals surface area contributed by atoms with Crippen molar-refractivity contribution in [3.63, 3.8) is 0 Å². The van der Waals surface area contributed by atoms with Crippen molar-refractivity contribution in [1.29, 1.82) is 10.5 Å². The molecule has 0 fully saturated rings. The maximum Gasteiger partial charge on any atom is 0.0991 e. The normalized spacial score (nSPS) is 10.7. The lowest BCUT2D eigenvalue weighted by Crippen LogP contribution is -1.90. The van der Waals surface area contributed by atoms with Crippen molar-refractivity contribution in [3.8, 4) is 34.4 Å². The first-order chi connectivity index (χ1) is 19.1. The molecule has 4 aromatic carbocycles. The van der Waals surface area contributed by atoms with Crippen LogP contribution < -0.4 is 0 Å². The van der Waals surface area contributed by atoms with Gasteiger partial charge in [-0.3, -0.25) is 0 Å². The Hall–Kier alpha value is -3.56. The van der Waals surface area contributed by atoms with Crippen LogP contribution in [0.3, 0.4) is 0 Å². The SMILES string of the molecule is N#Cc1ccc(-c2ccc(CCCCCCCCCc3ccc(-c4ccc(C#N)cc4)c(Cl)c3)cc2Cl)cc1. The average Bonchev–Trinajstić information content (AvgIpc) is 2.96. The number of hydrogen-bond donors (Lipinski definition) is 0. The molecule has 0 aliphatic heterocycles. The van der Waals surface area contributed by atoms with Gasteiger partial charge in [0.15, 0.2) is 0 Å². The van der Waals surface area contributed by atoms with Crippen molar-refractivity contribution in [2.24, 2.45) is 0 Å². The minimum absolute atomic E-state index is 0.656. The van der Waals surface area contributed by atoms with Crippen LogP contribution >= 0.6 is 23.2 Å². The lowest BCUT2D eigenvalue weighted by molar-refractivity contribution is 0.579. The Morgan fingerprint density at radius 3 is 1.15 bits per heavy atom. The Balaban J connectivity index is 1.11. The summed E-state index contributed by atoms with van der Waals surface area (Å²) < 4.78 is 0. The largest absolute Gasteiger partial charge is 0.192 e. The van der Waals surface area contributed by atoms with Crippen LogP contribution in [0.15, 0.2) is 84.9 Å². The fourth-order valence-corrected chi connectivity index (χ4v) is 5.51. The third kappa shape index (κ3) is 8.21. The van der Waals surface area contributed by atoms with Crippen LogP contribution in [0.2, 0.25) is 10.0 Å². The van der Waals surface area contributed by atoms with E-state index in [2.05, 4.69) is 48.5 Å². The molecule has 0 saturated carbocycles. The van der Waals surface area contributed by atoms with Crippen molar-refractivity contribution in [2.75, 3.05) is 0 Å². The van der Waals surface area contributed by atoms with Gasteiger partial charge in [0.1, 0.15) is 0 Å². The summed E-state index contributed by atoms with van der Waals surface area (Å²) in [5, 5.41) is 19.5. The van der Waals surface area contributed by atoms with Crippen LogP contribution in [-0.2, 0) is 12.8 Å². The van der Waals surface area contributed by atoms with Gasteiger partial charge in [0, 0.05) is 21.2 Å². The molecule has 0 heterocycles. The number of hydrogen-bond acceptors (Lipinski definition) is 2. The highest BCUT2D eigenvalue weighted by atomic mass is 35.5. The minimum atomic E-state index is 0.656. The molecule has 0 unspecified atom stereocenters. The van der Waals surface area contributed by atoms with Gasteiger partial charge < -0.3 is 0 Å². The van der Waals surface area contributed by atoms with E-state index >= 15 is 0 Å². The van der Waals surface area contributed by atoms with Gasteiger partial charge in [-0.2, -0.15) is 10.5 Å². The van der Waals surface area contributed by atoms with E-state index in [0.717, 1.165) is 45.1 Å². The molecule has 0 saturated heterocycles. The maximum absolute atomic E-state index is 8.98. The van der Waals surface area contributed by atoms with Crippen molar-refractivity contribution in [3.05, 3.63) is 117 Å². The first kappa shape index (κ1) is 28.4. The second-order valence-corrected chi connectivity index (χ2v) is 10.8. The summed E-state index contributed by atoms with van der Waals surface area (Å²) in [5.41, 5.74) is 7.96. The third-order valence-electron chi connectivity index (χ3n) is 7.15. The van der Waals surface area contributed by atoms with Crippen molar-refractivity contribution in [1.82, 2.24) is 0 Å². The van der Waals surface area contributed by atoms with Gasteiger partial charge in [-0.15, -0.1) is 0 Å². The highest BCUT2D eigenvalue weighted by Gasteiger charge is 2.07. The molecule has 0 bridgehead atoms. The van der Waals surface area contributed by atoms with Crippen molar-refractivity contribution in [2.45, 2.75) is 57.8 Å². The van der Waals surface area contributed by atoms with E-state index in [-0.39, 0.29) is 0 Å². The van der Waals surface area contributed by atoms with Gasteiger partial charge in [-0.05, 0) is 84.3 Å². The zero-order chi connectivity index (χ0) is 27.5. The van der Waals surface area contributed by atoms with E-state index in [1.165, 1.54) is 56.1 Å².